The number of nitrogens with zero attached hydrogens (tertiary/aromatic N) is 4. The molecule has 0 aliphatic carbocycles. The molecule has 4 aromatic rings. The van der Waals surface area contributed by atoms with Crippen LogP contribution in [0.1, 0.15) is 34.7 Å². The number of aryl methyl sites for hydroxylation is 1. The molecule has 4 heterocycles. The van der Waals surface area contributed by atoms with Gasteiger partial charge in [0, 0.05) is 86.6 Å². The molecule has 2 aliphatic heterocycles. The van der Waals surface area contributed by atoms with Crippen LogP contribution in [0.4, 0.5) is 17.2 Å². The Morgan fingerprint density at radius 1 is 1.02 bits per heavy atom. The predicted octanol–water partition coefficient (Wildman–Crippen LogP) is 4.11. The zero-order valence-corrected chi connectivity index (χ0v) is 24.0. The zero-order valence-electron chi connectivity index (χ0n) is 24.0. The molecule has 0 unspecified atom stereocenters. The second-order valence-electron chi connectivity index (χ2n) is 10.7. The van der Waals surface area contributed by atoms with E-state index in [-0.39, 0.29) is 5.91 Å². The molecule has 9 heteroatoms. The van der Waals surface area contributed by atoms with E-state index < -0.39 is 0 Å². The second kappa shape index (κ2) is 13.0. The summed E-state index contributed by atoms with van der Waals surface area (Å²) in [6.45, 7) is 4.59. The Morgan fingerprint density at radius 3 is 2.39 bits per heavy atom. The van der Waals surface area contributed by atoms with Gasteiger partial charge in [0.25, 0.3) is 5.91 Å². The van der Waals surface area contributed by atoms with Crippen LogP contribution >= 0.6 is 0 Å². The van der Waals surface area contributed by atoms with Crippen molar-refractivity contribution in [1.82, 2.24) is 25.1 Å². The lowest BCUT2D eigenvalue weighted by atomic mass is 9.88. The maximum atomic E-state index is 13.0. The number of carbonyl (C=O) groups is 2. The number of hydrogen-bond acceptors (Lipinski definition) is 6. The van der Waals surface area contributed by atoms with Crippen LogP contribution < -0.4 is 20.9 Å². The van der Waals surface area contributed by atoms with Gasteiger partial charge in [0.15, 0.2) is 0 Å². The maximum Gasteiger partial charge on any atom is 0.256 e. The van der Waals surface area contributed by atoms with Gasteiger partial charge in [-0.15, -0.1) is 0 Å². The first-order valence-electron chi connectivity index (χ1n) is 14.2. The van der Waals surface area contributed by atoms with E-state index in [0.717, 1.165) is 43.6 Å². The highest BCUT2D eigenvalue weighted by atomic mass is 16.1. The third-order valence-electron chi connectivity index (χ3n) is 8.20. The lowest BCUT2D eigenvalue weighted by Gasteiger charge is -2.42. The first-order chi connectivity index (χ1) is 20.0. The lowest BCUT2D eigenvalue weighted by molar-refractivity contribution is -0.109. The standard InChI is InChI=1S/C30H34N6O.C2H5NO/c1-34-14-10-24-17-25(7-8-28(24)34)35(2)26-9-13-32-29(18-26)33-30(37)23-5-3-21(4-6-23)22-11-15-36(16-12-22)27-19-31-20-27;1-3-2-4/h3-10,13-14,17-18,22,27,31H,11-12,15-16,19-20H2,1-2H3,(H,32,33,37);2H,1H3,(H,3,4). The number of fused-ring (bicyclic) bond motifs is 1. The molecule has 2 fully saturated rings. The van der Waals surface area contributed by atoms with Gasteiger partial charge in [-0.3, -0.25) is 14.5 Å². The van der Waals surface area contributed by atoms with Crippen molar-refractivity contribution >= 4 is 40.4 Å². The normalized spacial score (nSPS) is 15.9. The smallest absolute Gasteiger partial charge is 0.256 e. The number of piperidine rings is 1. The lowest BCUT2D eigenvalue weighted by Crippen LogP contribution is -2.58. The fraction of sp³-hybridized carbons (Fsp3) is 0.344. The van der Waals surface area contributed by atoms with E-state index in [1.807, 2.05) is 31.3 Å². The second-order valence-corrected chi connectivity index (χ2v) is 10.7. The van der Waals surface area contributed by atoms with E-state index in [1.54, 1.807) is 13.2 Å². The SMILES string of the molecule is CN(c1ccnc(NC(=O)c2ccc(C3CCN(C4CNC4)CC3)cc2)c1)c1ccc2c(ccn2C)c1.CNC=O. The molecule has 0 atom stereocenters. The molecular weight excluding hydrogens is 514 g/mol. The summed E-state index contributed by atoms with van der Waals surface area (Å²) >= 11 is 0. The highest BCUT2D eigenvalue weighted by Gasteiger charge is 2.29. The summed E-state index contributed by atoms with van der Waals surface area (Å²) in [4.78, 5) is 31.1. The summed E-state index contributed by atoms with van der Waals surface area (Å²) in [5.41, 5.74) is 5.22. The third kappa shape index (κ3) is 6.58. The van der Waals surface area contributed by atoms with E-state index in [2.05, 4.69) is 84.9 Å². The molecule has 9 nitrogen and oxygen atoms in total. The molecule has 214 valence electrons. The van der Waals surface area contributed by atoms with Crippen LogP contribution in [0.3, 0.4) is 0 Å². The summed E-state index contributed by atoms with van der Waals surface area (Å²) in [6, 6.07) is 21.2. The van der Waals surface area contributed by atoms with E-state index in [0.29, 0.717) is 23.7 Å². The Labute approximate surface area is 241 Å². The van der Waals surface area contributed by atoms with Gasteiger partial charge in [0.1, 0.15) is 5.82 Å². The number of benzene rings is 2. The monoisotopic (exact) mass is 553 g/mol. The van der Waals surface area contributed by atoms with Crippen molar-refractivity contribution in [3.63, 3.8) is 0 Å². The number of nitrogens with one attached hydrogen (secondary N) is 3. The molecule has 2 aliphatic rings. The highest BCUT2D eigenvalue weighted by Crippen LogP contribution is 2.30. The Balaban J connectivity index is 0.000000794. The molecular formula is C32H39N7O2. The van der Waals surface area contributed by atoms with Crippen molar-refractivity contribution in [3.8, 4) is 0 Å². The molecule has 0 radical (unpaired) electrons. The number of carbonyl (C=O) groups excluding carboxylic acids is 2. The van der Waals surface area contributed by atoms with Gasteiger partial charge in [0.2, 0.25) is 6.41 Å². The molecule has 0 saturated carbocycles. The summed E-state index contributed by atoms with van der Waals surface area (Å²) < 4.78 is 2.11. The fourth-order valence-corrected chi connectivity index (χ4v) is 5.55. The van der Waals surface area contributed by atoms with Crippen LogP contribution in [-0.4, -0.2) is 73.1 Å². The number of anilines is 3. The van der Waals surface area contributed by atoms with Crippen LogP contribution in [0.5, 0.6) is 0 Å². The highest BCUT2D eigenvalue weighted by molar-refractivity contribution is 6.04. The Hall–Kier alpha value is -4.21. The minimum atomic E-state index is -0.142. The van der Waals surface area contributed by atoms with Crippen LogP contribution in [0.2, 0.25) is 0 Å². The summed E-state index contributed by atoms with van der Waals surface area (Å²) in [6.07, 6.45) is 6.79. The van der Waals surface area contributed by atoms with Gasteiger partial charge in [-0.25, -0.2) is 4.98 Å². The topological polar surface area (TPSA) is 94.5 Å². The Kier molecular flexibility index (Phi) is 8.96. The number of pyridine rings is 1. The quantitative estimate of drug-likeness (QED) is 0.298. The van der Waals surface area contributed by atoms with Gasteiger partial charge in [0.05, 0.1) is 0 Å². The molecule has 2 saturated heterocycles. The van der Waals surface area contributed by atoms with Crippen molar-refractivity contribution in [2.45, 2.75) is 24.8 Å². The molecule has 2 aromatic carbocycles. The zero-order chi connectivity index (χ0) is 28.8. The molecule has 2 aromatic heterocycles. The van der Waals surface area contributed by atoms with Crippen LogP contribution in [0.15, 0.2) is 73.1 Å². The Morgan fingerprint density at radius 2 is 1.73 bits per heavy atom. The summed E-state index contributed by atoms with van der Waals surface area (Å²) in [7, 11) is 5.64. The van der Waals surface area contributed by atoms with Crippen molar-refractivity contribution in [2.24, 2.45) is 7.05 Å². The largest absolute Gasteiger partial charge is 0.362 e. The van der Waals surface area contributed by atoms with E-state index >= 15 is 0 Å². The molecule has 41 heavy (non-hydrogen) atoms. The van der Waals surface area contributed by atoms with Gasteiger partial charge >= 0.3 is 0 Å². The van der Waals surface area contributed by atoms with Crippen molar-refractivity contribution in [3.05, 3.63) is 84.2 Å². The van der Waals surface area contributed by atoms with Crippen molar-refractivity contribution in [1.29, 1.82) is 0 Å². The number of hydrogen-bond donors (Lipinski definition) is 3. The minimum Gasteiger partial charge on any atom is -0.362 e. The van der Waals surface area contributed by atoms with E-state index in [9.17, 15) is 4.79 Å². The van der Waals surface area contributed by atoms with E-state index in [4.69, 9.17) is 4.79 Å². The van der Waals surface area contributed by atoms with Crippen LogP contribution in [0, 0.1) is 0 Å². The Bertz CT molecular complexity index is 1470. The summed E-state index contributed by atoms with van der Waals surface area (Å²) in [5, 5.41) is 9.79. The third-order valence-corrected chi connectivity index (χ3v) is 8.20. The predicted molar refractivity (Wildman–Crippen MR) is 165 cm³/mol. The van der Waals surface area contributed by atoms with Gasteiger partial charge in [-0.1, -0.05) is 12.1 Å². The number of rotatable bonds is 7. The van der Waals surface area contributed by atoms with Gasteiger partial charge in [-0.05, 0) is 79.9 Å². The average molecular weight is 554 g/mol. The molecule has 0 spiro atoms. The van der Waals surface area contributed by atoms with E-state index in [1.165, 1.54) is 29.3 Å². The first-order valence-corrected chi connectivity index (χ1v) is 14.2. The molecule has 3 N–H and O–H groups in total. The number of amides is 2. The van der Waals surface area contributed by atoms with Gasteiger partial charge < -0.3 is 25.4 Å². The summed E-state index contributed by atoms with van der Waals surface area (Å²) in [5.74, 6) is 0.972. The fourth-order valence-electron chi connectivity index (χ4n) is 5.55. The van der Waals surface area contributed by atoms with Gasteiger partial charge in [-0.2, -0.15) is 0 Å². The number of likely N-dealkylation sites (tertiary alicyclic amines) is 1. The molecule has 6 rings (SSSR count). The van der Waals surface area contributed by atoms with Crippen LogP contribution in [0.25, 0.3) is 10.9 Å². The first kappa shape index (κ1) is 28.3. The van der Waals surface area contributed by atoms with Crippen LogP contribution in [-0.2, 0) is 11.8 Å². The average Bonchev–Trinajstić information content (AvgIpc) is 3.36. The van der Waals surface area contributed by atoms with Crippen molar-refractivity contribution < 1.29 is 9.59 Å². The maximum absolute atomic E-state index is 13.0. The minimum absolute atomic E-state index is 0.142. The molecule has 2 amide bonds. The molecule has 0 bridgehead atoms. The van der Waals surface area contributed by atoms with Crippen molar-refractivity contribution in [2.75, 3.05) is 50.5 Å². The number of aromatic nitrogens is 2.